The first kappa shape index (κ1) is 9.10. The summed E-state index contributed by atoms with van der Waals surface area (Å²) in [6.07, 6.45) is 1.51. The lowest BCUT2D eigenvalue weighted by Crippen LogP contribution is -2.08. The van der Waals surface area contributed by atoms with Crippen LogP contribution >= 0.6 is 0 Å². The minimum Gasteiger partial charge on any atom is -0.504 e. The highest BCUT2D eigenvalue weighted by Crippen LogP contribution is 2.26. The van der Waals surface area contributed by atoms with Gasteiger partial charge in [0.25, 0.3) is 0 Å². The second kappa shape index (κ2) is 3.17. The number of aromatic hydroxyl groups is 1. The predicted molar refractivity (Wildman–Crippen MR) is 48.4 cm³/mol. The van der Waals surface area contributed by atoms with Gasteiger partial charge < -0.3 is 5.11 Å². The molecule has 0 spiro atoms. The number of aromatic nitrogens is 2. The lowest BCUT2D eigenvalue weighted by molar-refractivity contribution is 0.446. The molecule has 0 atom stereocenters. The van der Waals surface area contributed by atoms with Gasteiger partial charge in [-0.15, -0.1) is 0 Å². The van der Waals surface area contributed by atoms with Crippen LogP contribution in [0.3, 0.4) is 0 Å². The van der Waals surface area contributed by atoms with Crippen molar-refractivity contribution in [2.24, 2.45) is 0 Å². The summed E-state index contributed by atoms with van der Waals surface area (Å²) in [7, 11) is 0. The molecule has 0 aliphatic heterocycles. The number of rotatable bonds is 2. The molecule has 0 saturated carbocycles. The third-order valence-electron chi connectivity index (χ3n) is 1.85. The highest BCUT2D eigenvalue weighted by Gasteiger charge is 2.14. The topological polar surface area (TPSA) is 38.1 Å². The first-order valence-corrected chi connectivity index (χ1v) is 4.30. The Morgan fingerprint density at radius 3 is 2.25 bits per heavy atom. The normalized spacial score (nSPS) is 11.5. The fraction of sp³-hybridized carbons (Fsp3) is 0.667. The third-order valence-corrected chi connectivity index (χ3v) is 1.85. The zero-order valence-electron chi connectivity index (χ0n) is 8.07. The molecule has 0 unspecified atom stereocenters. The van der Waals surface area contributed by atoms with Crippen molar-refractivity contribution >= 4 is 0 Å². The van der Waals surface area contributed by atoms with Crippen LogP contribution in [0.5, 0.6) is 5.75 Å². The Hall–Kier alpha value is -0.990. The quantitative estimate of drug-likeness (QED) is 0.735. The Labute approximate surface area is 73.0 Å². The molecule has 0 aliphatic carbocycles. The Morgan fingerprint density at radius 1 is 1.33 bits per heavy atom. The van der Waals surface area contributed by atoms with Crippen molar-refractivity contribution in [2.75, 3.05) is 0 Å². The predicted octanol–water partition coefficient (Wildman–Crippen LogP) is 2.29. The number of hydrogen-bond donors (Lipinski definition) is 1. The van der Waals surface area contributed by atoms with E-state index in [1.165, 1.54) is 6.20 Å². The van der Waals surface area contributed by atoms with Crippen LogP contribution in [0.25, 0.3) is 0 Å². The van der Waals surface area contributed by atoms with Crippen molar-refractivity contribution in [3.63, 3.8) is 0 Å². The molecule has 1 aromatic rings. The Balaban J connectivity index is 3.12. The van der Waals surface area contributed by atoms with E-state index in [2.05, 4.69) is 32.8 Å². The molecule has 68 valence electrons. The number of hydrogen-bond acceptors (Lipinski definition) is 2. The molecular weight excluding hydrogens is 152 g/mol. The first-order chi connectivity index (χ1) is 5.54. The second-order valence-corrected chi connectivity index (χ2v) is 3.61. The lowest BCUT2D eigenvalue weighted by Gasteiger charge is -2.13. The maximum atomic E-state index is 9.47. The van der Waals surface area contributed by atoms with Crippen molar-refractivity contribution in [1.29, 1.82) is 0 Å². The van der Waals surface area contributed by atoms with Gasteiger partial charge in [-0.25, -0.2) is 0 Å². The molecule has 1 rings (SSSR count). The molecule has 0 fully saturated rings. The monoisotopic (exact) mass is 168 g/mol. The van der Waals surface area contributed by atoms with E-state index in [0.717, 1.165) is 5.69 Å². The van der Waals surface area contributed by atoms with Crippen molar-refractivity contribution in [2.45, 2.75) is 39.7 Å². The minimum absolute atomic E-state index is 0.304. The SMILES string of the molecule is CC(C)c1c(O)cnn1C(C)C. The van der Waals surface area contributed by atoms with Crippen molar-refractivity contribution in [3.05, 3.63) is 11.9 Å². The van der Waals surface area contributed by atoms with Gasteiger partial charge in [0.1, 0.15) is 0 Å². The Bertz CT molecular complexity index is 263. The molecule has 0 aromatic carbocycles. The van der Waals surface area contributed by atoms with E-state index < -0.39 is 0 Å². The molecular formula is C9H16N2O. The molecule has 1 heterocycles. The van der Waals surface area contributed by atoms with Crippen LogP contribution in [0.15, 0.2) is 6.20 Å². The largest absolute Gasteiger partial charge is 0.504 e. The highest BCUT2D eigenvalue weighted by molar-refractivity contribution is 5.26. The molecule has 0 amide bonds. The van der Waals surface area contributed by atoms with Crippen LogP contribution in [-0.2, 0) is 0 Å². The summed E-state index contributed by atoms with van der Waals surface area (Å²) < 4.78 is 1.86. The summed E-state index contributed by atoms with van der Waals surface area (Å²) in [6, 6.07) is 0.309. The van der Waals surface area contributed by atoms with E-state index in [0.29, 0.717) is 17.7 Å². The van der Waals surface area contributed by atoms with Crippen LogP contribution in [0.4, 0.5) is 0 Å². The summed E-state index contributed by atoms with van der Waals surface area (Å²) in [4.78, 5) is 0. The summed E-state index contributed by atoms with van der Waals surface area (Å²) in [5.74, 6) is 0.619. The van der Waals surface area contributed by atoms with Crippen LogP contribution in [0.2, 0.25) is 0 Å². The molecule has 0 saturated heterocycles. The average Bonchev–Trinajstić information content (AvgIpc) is 2.30. The standard InChI is InChI=1S/C9H16N2O/c1-6(2)9-8(12)5-10-11(9)7(3)4/h5-7,12H,1-4H3. The lowest BCUT2D eigenvalue weighted by atomic mass is 10.1. The zero-order valence-corrected chi connectivity index (χ0v) is 8.07. The molecule has 0 radical (unpaired) electrons. The van der Waals surface area contributed by atoms with Gasteiger partial charge in [0.15, 0.2) is 5.75 Å². The van der Waals surface area contributed by atoms with E-state index in [1.807, 2.05) is 4.68 Å². The maximum Gasteiger partial charge on any atom is 0.157 e. The van der Waals surface area contributed by atoms with Gasteiger partial charge in [0, 0.05) is 6.04 Å². The summed E-state index contributed by atoms with van der Waals surface area (Å²) in [6.45, 7) is 8.21. The molecule has 3 heteroatoms. The van der Waals surface area contributed by atoms with E-state index >= 15 is 0 Å². The molecule has 0 aliphatic rings. The van der Waals surface area contributed by atoms with Crippen LogP contribution in [0.1, 0.15) is 45.3 Å². The molecule has 1 N–H and O–H groups in total. The maximum absolute atomic E-state index is 9.47. The Kier molecular flexibility index (Phi) is 2.40. The zero-order chi connectivity index (χ0) is 9.30. The first-order valence-electron chi connectivity index (χ1n) is 4.30. The van der Waals surface area contributed by atoms with E-state index in [9.17, 15) is 5.11 Å². The van der Waals surface area contributed by atoms with Gasteiger partial charge >= 0.3 is 0 Å². The summed E-state index contributed by atoms with van der Waals surface area (Å²) in [5.41, 5.74) is 0.921. The fourth-order valence-electron chi connectivity index (χ4n) is 1.33. The fourth-order valence-corrected chi connectivity index (χ4v) is 1.33. The van der Waals surface area contributed by atoms with Crippen molar-refractivity contribution in [3.8, 4) is 5.75 Å². The summed E-state index contributed by atoms with van der Waals surface area (Å²) >= 11 is 0. The smallest absolute Gasteiger partial charge is 0.157 e. The van der Waals surface area contributed by atoms with Gasteiger partial charge in [-0.3, -0.25) is 4.68 Å². The Morgan fingerprint density at radius 2 is 1.92 bits per heavy atom. The highest BCUT2D eigenvalue weighted by atomic mass is 16.3. The van der Waals surface area contributed by atoms with Gasteiger partial charge in [-0.2, -0.15) is 5.10 Å². The number of nitrogens with zero attached hydrogens (tertiary/aromatic N) is 2. The minimum atomic E-state index is 0.304. The molecule has 1 aromatic heterocycles. The van der Waals surface area contributed by atoms with Crippen molar-refractivity contribution < 1.29 is 5.11 Å². The average molecular weight is 168 g/mol. The molecule has 0 bridgehead atoms. The summed E-state index contributed by atoms with van der Waals surface area (Å²) in [5, 5.41) is 13.6. The van der Waals surface area contributed by atoms with Gasteiger partial charge in [0.2, 0.25) is 0 Å². The molecule has 3 nitrogen and oxygen atoms in total. The third kappa shape index (κ3) is 1.44. The second-order valence-electron chi connectivity index (χ2n) is 3.61. The van der Waals surface area contributed by atoms with Gasteiger partial charge in [-0.05, 0) is 19.8 Å². The molecule has 12 heavy (non-hydrogen) atoms. The van der Waals surface area contributed by atoms with Crippen LogP contribution < -0.4 is 0 Å². The van der Waals surface area contributed by atoms with Crippen LogP contribution in [-0.4, -0.2) is 14.9 Å². The van der Waals surface area contributed by atoms with Gasteiger partial charge in [0.05, 0.1) is 11.9 Å². The van der Waals surface area contributed by atoms with E-state index in [4.69, 9.17) is 0 Å². The van der Waals surface area contributed by atoms with Crippen molar-refractivity contribution in [1.82, 2.24) is 9.78 Å². The van der Waals surface area contributed by atoms with Crippen LogP contribution in [0, 0.1) is 0 Å². The van der Waals surface area contributed by atoms with E-state index in [-0.39, 0.29) is 0 Å². The van der Waals surface area contributed by atoms with E-state index in [1.54, 1.807) is 0 Å². The van der Waals surface area contributed by atoms with Gasteiger partial charge in [-0.1, -0.05) is 13.8 Å².